The molecule has 24 heavy (non-hydrogen) atoms. The van der Waals surface area contributed by atoms with Crippen molar-refractivity contribution in [3.8, 4) is 0 Å². The average Bonchev–Trinajstić information content (AvgIpc) is 2.93. The molecule has 1 aliphatic rings. The maximum absolute atomic E-state index is 12.0. The van der Waals surface area contributed by atoms with Gasteiger partial charge in [-0.2, -0.15) is 0 Å². The summed E-state index contributed by atoms with van der Waals surface area (Å²) in [5.74, 6) is 1.08. The standard InChI is InChI=1S/C16H19N5O2S/c17-16(20-15-7-1-2-8-18-15)19-12-13-5-3-6-14(11-13)21-9-4-10-24(21,22)23/h1-3,5-8,11H,4,9-10,12H2,(H3,17,18,19,20). The second-order valence-corrected chi connectivity index (χ2v) is 7.47. The van der Waals surface area contributed by atoms with Crippen molar-refractivity contribution in [1.29, 1.82) is 0 Å². The van der Waals surface area contributed by atoms with Crippen molar-refractivity contribution in [2.75, 3.05) is 21.9 Å². The lowest BCUT2D eigenvalue weighted by Gasteiger charge is -2.17. The second-order valence-electron chi connectivity index (χ2n) is 5.45. The molecule has 1 fully saturated rings. The Bertz CT molecular complexity index is 837. The van der Waals surface area contributed by atoms with Gasteiger partial charge in [0.15, 0.2) is 5.96 Å². The molecule has 0 radical (unpaired) electrons. The minimum absolute atomic E-state index is 0.205. The molecule has 1 aromatic heterocycles. The van der Waals surface area contributed by atoms with Crippen molar-refractivity contribution in [2.45, 2.75) is 13.0 Å². The first-order valence-electron chi connectivity index (χ1n) is 7.62. The molecular weight excluding hydrogens is 326 g/mol. The molecule has 0 amide bonds. The highest BCUT2D eigenvalue weighted by atomic mass is 32.2. The van der Waals surface area contributed by atoms with Gasteiger partial charge in [0.1, 0.15) is 5.82 Å². The zero-order valence-corrected chi connectivity index (χ0v) is 13.9. The first-order chi connectivity index (χ1) is 11.5. The van der Waals surface area contributed by atoms with Crippen molar-refractivity contribution in [1.82, 2.24) is 4.98 Å². The third kappa shape index (κ3) is 3.83. The largest absolute Gasteiger partial charge is 0.370 e. The number of nitrogens with two attached hydrogens (primary N) is 1. The Labute approximate surface area is 141 Å². The maximum Gasteiger partial charge on any atom is 0.235 e. The van der Waals surface area contributed by atoms with Gasteiger partial charge >= 0.3 is 0 Å². The van der Waals surface area contributed by atoms with Gasteiger partial charge in [-0.05, 0) is 36.2 Å². The lowest BCUT2D eigenvalue weighted by Crippen LogP contribution is -2.25. The summed E-state index contributed by atoms with van der Waals surface area (Å²) in [6.07, 6.45) is 2.32. The molecule has 0 unspecified atom stereocenters. The molecule has 1 aliphatic heterocycles. The molecule has 8 heteroatoms. The van der Waals surface area contributed by atoms with E-state index in [0.29, 0.717) is 31.0 Å². The third-order valence-corrected chi connectivity index (χ3v) is 5.52. The topological polar surface area (TPSA) is 101 Å². The van der Waals surface area contributed by atoms with E-state index in [1.807, 2.05) is 30.3 Å². The number of sulfonamides is 1. The molecule has 0 bridgehead atoms. The quantitative estimate of drug-likeness (QED) is 0.647. The van der Waals surface area contributed by atoms with Crippen LogP contribution in [0.5, 0.6) is 0 Å². The van der Waals surface area contributed by atoms with Crippen molar-refractivity contribution in [3.05, 3.63) is 54.2 Å². The van der Waals surface area contributed by atoms with Crippen LogP contribution in [0, 0.1) is 0 Å². The molecule has 2 heterocycles. The van der Waals surface area contributed by atoms with Crippen LogP contribution in [0.25, 0.3) is 0 Å². The van der Waals surface area contributed by atoms with Crippen LogP contribution < -0.4 is 15.4 Å². The molecule has 0 spiro atoms. The zero-order chi connectivity index (χ0) is 17.0. The summed E-state index contributed by atoms with van der Waals surface area (Å²) in [7, 11) is -3.18. The summed E-state index contributed by atoms with van der Waals surface area (Å²) < 4.78 is 25.5. The number of rotatable bonds is 4. The summed E-state index contributed by atoms with van der Waals surface area (Å²) in [5.41, 5.74) is 7.42. The van der Waals surface area contributed by atoms with E-state index in [-0.39, 0.29) is 11.7 Å². The Balaban J connectivity index is 1.70. The fraction of sp³-hybridized carbons (Fsp3) is 0.250. The number of aromatic nitrogens is 1. The van der Waals surface area contributed by atoms with Crippen molar-refractivity contribution >= 4 is 27.5 Å². The van der Waals surface area contributed by atoms with Crippen LogP contribution in [-0.4, -0.2) is 31.7 Å². The number of anilines is 2. The lowest BCUT2D eigenvalue weighted by molar-refractivity contribution is 0.599. The van der Waals surface area contributed by atoms with E-state index in [1.165, 1.54) is 4.31 Å². The predicted octanol–water partition coefficient (Wildman–Crippen LogP) is 1.55. The van der Waals surface area contributed by atoms with E-state index in [0.717, 1.165) is 5.56 Å². The van der Waals surface area contributed by atoms with E-state index in [2.05, 4.69) is 15.3 Å². The summed E-state index contributed by atoms with van der Waals surface area (Å²) in [4.78, 5) is 8.38. The highest BCUT2D eigenvalue weighted by Crippen LogP contribution is 2.24. The number of hydrogen-bond donors (Lipinski definition) is 2. The Hall–Kier alpha value is -2.61. The van der Waals surface area contributed by atoms with Crippen molar-refractivity contribution in [3.63, 3.8) is 0 Å². The van der Waals surface area contributed by atoms with Crippen molar-refractivity contribution < 1.29 is 8.42 Å². The number of nitrogens with one attached hydrogen (secondary N) is 1. The fourth-order valence-corrected chi connectivity index (χ4v) is 4.08. The van der Waals surface area contributed by atoms with E-state index in [4.69, 9.17) is 5.73 Å². The SMILES string of the molecule is NC(=NCc1cccc(N2CCCS2(=O)=O)c1)Nc1ccccn1. The Morgan fingerprint density at radius 2 is 2.17 bits per heavy atom. The van der Waals surface area contributed by atoms with Gasteiger partial charge in [0.05, 0.1) is 18.0 Å². The van der Waals surface area contributed by atoms with Crippen LogP contribution >= 0.6 is 0 Å². The highest BCUT2D eigenvalue weighted by Gasteiger charge is 2.28. The van der Waals surface area contributed by atoms with Crippen LogP contribution in [0.3, 0.4) is 0 Å². The van der Waals surface area contributed by atoms with Gasteiger partial charge in [0.25, 0.3) is 0 Å². The molecule has 1 aromatic carbocycles. The predicted molar refractivity (Wildman–Crippen MR) is 95.4 cm³/mol. The summed E-state index contributed by atoms with van der Waals surface area (Å²) in [6, 6.07) is 12.8. The maximum atomic E-state index is 12.0. The smallest absolute Gasteiger partial charge is 0.235 e. The van der Waals surface area contributed by atoms with Crippen LogP contribution in [0.15, 0.2) is 53.7 Å². The Kier molecular flexibility index (Phi) is 4.66. The van der Waals surface area contributed by atoms with Crippen LogP contribution in [-0.2, 0) is 16.6 Å². The normalized spacial score (nSPS) is 17.0. The molecule has 0 saturated carbocycles. The lowest BCUT2D eigenvalue weighted by atomic mass is 10.2. The van der Waals surface area contributed by atoms with Crippen LogP contribution in [0.4, 0.5) is 11.5 Å². The highest BCUT2D eigenvalue weighted by molar-refractivity contribution is 7.93. The summed E-state index contributed by atoms with van der Waals surface area (Å²) >= 11 is 0. The molecule has 2 aromatic rings. The summed E-state index contributed by atoms with van der Waals surface area (Å²) in [6.45, 7) is 0.881. The molecule has 126 valence electrons. The van der Waals surface area contributed by atoms with Gasteiger partial charge in [0.2, 0.25) is 10.0 Å². The van der Waals surface area contributed by atoms with E-state index >= 15 is 0 Å². The van der Waals surface area contributed by atoms with E-state index < -0.39 is 10.0 Å². The molecule has 0 atom stereocenters. The Morgan fingerprint density at radius 3 is 2.88 bits per heavy atom. The molecule has 7 nitrogen and oxygen atoms in total. The van der Waals surface area contributed by atoms with Gasteiger partial charge in [-0.3, -0.25) is 4.31 Å². The average molecular weight is 345 g/mol. The van der Waals surface area contributed by atoms with Gasteiger partial charge in [0, 0.05) is 12.7 Å². The number of aliphatic imine (C=N–C) groups is 1. The fourth-order valence-electron chi connectivity index (χ4n) is 2.52. The summed E-state index contributed by atoms with van der Waals surface area (Å²) in [5, 5.41) is 2.91. The molecule has 0 aliphatic carbocycles. The van der Waals surface area contributed by atoms with E-state index in [1.54, 1.807) is 18.3 Å². The van der Waals surface area contributed by atoms with E-state index in [9.17, 15) is 8.42 Å². The minimum atomic E-state index is -3.18. The first kappa shape index (κ1) is 16.3. The first-order valence-corrected chi connectivity index (χ1v) is 9.23. The monoisotopic (exact) mass is 345 g/mol. The van der Waals surface area contributed by atoms with Gasteiger partial charge < -0.3 is 11.1 Å². The number of guanidine groups is 1. The second kappa shape index (κ2) is 6.88. The minimum Gasteiger partial charge on any atom is -0.370 e. The van der Waals surface area contributed by atoms with Crippen LogP contribution in [0.1, 0.15) is 12.0 Å². The number of pyridine rings is 1. The number of benzene rings is 1. The third-order valence-electron chi connectivity index (χ3n) is 3.65. The molecular formula is C16H19N5O2S. The molecule has 1 saturated heterocycles. The Morgan fingerprint density at radius 1 is 1.29 bits per heavy atom. The van der Waals surface area contributed by atoms with Gasteiger partial charge in [-0.1, -0.05) is 18.2 Å². The van der Waals surface area contributed by atoms with Crippen molar-refractivity contribution in [2.24, 2.45) is 10.7 Å². The molecule has 3 N–H and O–H groups in total. The number of hydrogen-bond acceptors (Lipinski definition) is 4. The zero-order valence-electron chi connectivity index (χ0n) is 13.1. The van der Waals surface area contributed by atoms with Gasteiger partial charge in [-0.25, -0.2) is 18.4 Å². The molecule has 3 rings (SSSR count). The van der Waals surface area contributed by atoms with Gasteiger partial charge in [-0.15, -0.1) is 0 Å². The number of nitrogens with zero attached hydrogens (tertiary/aromatic N) is 3. The van der Waals surface area contributed by atoms with Crippen LogP contribution in [0.2, 0.25) is 0 Å².